The molecular formula is C24H24BrN3O3S. The number of carbonyl (C=O) groups excluding carboxylic acids is 1. The normalized spacial score (nSPS) is 18.0. The first-order valence-electron chi connectivity index (χ1n) is 10.4. The number of aryl methyl sites for hydroxylation is 1. The maximum Gasteiger partial charge on any atom is 0.305 e. The number of thiocarbonyl (C=S) groups is 1. The molecular weight excluding hydrogens is 490 g/mol. The molecule has 0 saturated carbocycles. The van der Waals surface area contributed by atoms with E-state index in [1.165, 1.54) is 12.7 Å². The molecule has 32 heavy (non-hydrogen) atoms. The van der Waals surface area contributed by atoms with Gasteiger partial charge >= 0.3 is 5.97 Å². The van der Waals surface area contributed by atoms with Gasteiger partial charge in [0.15, 0.2) is 5.11 Å². The van der Waals surface area contributed by atoms with E-state index in [4.69, 9.17) is 21.4 Å². The van der Waals surface area contributed by atoms with Crippen molar-refractivity contribution in [1.29, 1.82) is 0 Å². The third-order valence-electron chi connectivity index (χ3n) is 5.51. The van der Waals surface area contributed by atoms with E-state index in [1.54, 1.807) is 6.20 Å². The fourth-order valence-corrected chi connectivity index (χ4v) is 4.95. The highest BCUT2D eigenvalue weighted by atomic mass is 79.9. The average molecular weight is 514 g/mol. The van der Waals surface area contributed by atoms with Crippen LogP contribution in [0.15, 0.2) is 63.6 Å². The van der Waals surface area contributed by atoms with Gasteiger partial charge in [-0.3, -0.25) is 9.78 Å². The molecule has 0 spiro atoms. The van der Waals surface area contributed by atoms with Gasteiger partial charge in [-0.15, -0.1) is 0 Å². The molecule has 1 N–H and O–H groups in total. The van der Waals surface area contributed by atoms with Gasteiger partial charge in [0.05, 0.1) is 18.8 Å². The molecule has 166 valence electrons. The van der Waals surface area contributed by atoms with Gasteiger partial charge in [0.2, 0.25) is 0 Å². The van der Waals surface area contributed by atoms with E-state index >= 15 is 0 Å². The molecule has 0 radical (unpaired) electrons. The van der Waals surface area contributed by atoms with Crippen molar-refractivity contribution >= 4 is 39.2 Å². The summed E-state index contributed by atoms with van der Waals surface area (Å²) in [5.41, 5.74) is 3.04. The molecule has 0 aliphatic carbocycles. The smallest absolute Gasteiger partial charge is 0.305 e. The van der Waals surface area contributed by atoms with E-state index in [-0.39, 0.29) is 18.1 Å². The number of pyridine rings is 1. The molecule has 1 aliphatic rings. The van der Waals surface area contributed by atoms with Gasteiger partial charge in [0.1, 0.15) is 17.6 Å². The number of benzene rings is 1. The lowest BCUT2D eigenvalue weighted by molar-refractivity contribution is -0.140. The minimum Gasteiger partial charge on any atom is -0.469 e. The Kier molecular flexibility index (Phi) is 6.91. The van der Waals surface area contributed by atoms with Crippen LogP contribution in [0.5, 0.6) is 0 Å². The van der Waals surface area contributed by atoms with Gasteiger partial charge in [-0.25, -0.2) is 0 Å². The Labute approximate surface area is 201 Å². The van der Waals surface area contributed by atoms with Crippen molar-refractivity contribution in [1.82, 2.24) is 15.2 Å². The number of rotatable bonds is 7. The number of hydrogen-bond donors (Lipinski definition) is 1. The quantitative estimate of drug-likeness (QED) is 0.337. The minimum atomic E-state index is -0.231. The zero-order valence-corrected chi connectivity index (χ0v) is 20.3. The lowest BCUT2D eigenvalue weighted by Gasteiger charge is -2.25. The van der Waals surface area contributed by atoms with E-state index in [0.717, 1.165) is 27.3 Å². The third kappa shape index (κ3) is 4.71. The number of aromatic nitrogens is 1. The molecule has 0 amide bonds. The standard InChI is InChI=1S/C24H24BrN3O3S/c1-15-8-9-16(17(25)14-15)19-10-11-20(31-19)23-22(18-6-3-4-12-26-18)27-24(32)28(23)13-5-7-21(29)30-2/h3-4,6,8-12,14,22-23H,5,7,13H2,1-2H3,(H,27,32)/t22-,23+/m1/s1. The molecule has 3 aromatic rings. The highest BCUT2D eigenvalue weighted by Crippen LogP contribution is 2.41. The first kappa shape index (κ1) is 22.5. The van der Waals surface area contributed by atoms with E-state index < -0.39 is 0 Å². The first-order chi connectivity index (χ1) is 15.5. The van der Waals surface area contributed by atoms with E-state index in [2.05, 4.69) is 50.2 Å². The van der Waals surface area contributed by atoms with Crippen LogP contribution in [0.3, 0.4) is 0 Å². The summed E-state index contributed by atoms with van der Waals surface area (Å²) >= 11 is 9.30. The zero-order chi connectivity index (χ0) is 22.7. The Bertz CT molecular complexity index is 1120. The van der Waals surface area contributed by atoms with Crippen molar-refractivity contribution in [3.63, 3.8) is 0 Å². The molecule has 8 heteroatoms. The molecule has 1 aromatic carbocycles. The van der Waals surface area contributed by atoms with E-state index in [1.807, 2.05) is 36.4 Å². The van der Waals surface area contributed by atoms with E-state index in [0.29, 0.717) is 24.5 Å². The Hall–Kier alpha value is -2.71. The minimum absolute atomic E-state index is 0.165. The molecule has 6 nitrogen and oxygen atoms in total. The summed E-state index contributed by atoms with van der Waals surface area (Å²) in [6.07, 6.45) is 2.72. The largest absolute Gasteiger partial charge is 0.469 e. The summed E-state index contributed by atoms with van der Waals surface area (Å²) in [5, 5.41) is 4.01. The van der Waals surface area contributed by atoms with Crippen molar-refractivity contribution in [3.8, 4) is 11.3 Å². The second kappa shape index (κ2) is 9.83. The predicted molar refractivity (Wildman–Crippen MR) is 130 cm³/mol. The monoisotopic (exact) mass is 513 g/mol. The molecule has 0 unspecified atom stereocenters. The van der Waals surface area contributed by atoms with Crippen LogP contribution in [0.2, 0.25) is 0 Å². The van der Waals surface area contributed by atoms with Gasteiger partial charge in [-0.1, -0.05) is 28.1 Å². The summed E-state index contributed by atoms with van der Waals surface area (Å²) in [5.74, 6) is 1.33. The lowest BCUT2D eigenvalue weighted by Crippen LogP contribution is -2.30. The molecule has 4 rings (SSSR count). The summed E-state index contributed by atoms with van der Waals surface area (Å²) in [7, 11) is 1.40. The number of carbonyl (C=O) groups is 1. The Balaban J connectivity index is 1.66. The predicted octanol–water partition coefficient (Wildman–Crippen LogP) is 5.34. The molecule has 2 aromatic heterocycles. The molecule has 3 heterocycles. The lowest BCUT2D eigenvalue weighted by atomic mass is 10.0. The summed E-state index contributed by atoms with van der Waals surface area (Å²) in [4.78, 5) is 18.2. The van der Waals surface area contributed by atoms with Crippen LogP contribution in [-0.4, -0.2) is 34.6 Å². The number of nitrogens with one attached hydrogen (secondary N) is 1. The highest BCUT2D eigenvalue weighted by molar-refractivity contribution is 9.10. The summed E-state index contributed by atoms with van der Waals surface area (Å²) < 4.78 is 12.1. The van der Waals surface area contributed by atoms with Gasteiger partial charge in [-0.2, -0.15) is 0 Å². The zero-order valence-electron chi connectivity index (χ0n) is 17.9. The van der Waals surface area contributed by atoms with Crippen molar-refractivity contribution in [2.45, 2.75) is 31.8 Å². The van der Waals surface area contributed by atoms with Gasteiger partial charge < -0.3 is 19.4 Å². The number of hydrogen-bond acceptors (Lipinski definition) is 5. The van der Waals surface area contributed by atoms with Crippen LogP contribution in [0.25, 0.3) is 11.3 Å². The van der Waals surface area contributed by atoms with Crippen molar-refractivity contribution < 1.29 is 13.9 Å². The number of furan rings is 1. The van der Waals surface area contributed by atoms with Crippen molar-refractivity contribution in [2.24, 2.45) is 0 Å². The second-order valence-electron chi connectivity index (χ2n) is 7.68. The molecule has 1 aliphatic heterocycles. The van der Waals surface area contributed by atoms with E-state index in [9.17, 15) is 4.79 Å². The van der Waals surface area contributed by atoms with Crippen molar-refractivity contribution in [2.75, 3.05) is 13.7 Å². The number of esters is 1. The van der Waals surface area contributed by atoms with Gasteiger partial charge in [0.25, 0.3) is 0 Å². The van der Waals surface area contributed by atoms with Crippen molar-refractivity contribution in [3.05, 3.63) is 76.2 Å². The third-order valence-corrected chi connectivity index (χ3v) is 6.52. The second-order valence-corrected chi connectivity index (χ2v) is 8.93. The number of methoxy groups -OCH3 is 1. The van der Waals surface area contributed by atoms with Crippen LogP contribution in [0.1, 0.15) is 41.9 Å². The fourth-order valence-electron chi connectivity index (χ4n) is 3.93. The molecule has 0 bridgehead atoms. The average Bonchev–Trinajstić information content (AvgIpc) is 3.39. The first-order valence-corrected chi connectivity index (χ1v) is 11.6. The number of halogens is 1. The van der Waals surface area contributed by atoms with Crippen LogP contribution in [-0.2, 0) is 9.53 Å². The SMILES string of the molecule is COC(=O)CCCN1C(=S)N[C@H](c2ccccn2)[C@@H]1c1ccc(-c2ccc(C)cc2Br)o1. The number of ether oxygens (including phenoxy) is 1. The fraction of sp³-hybridized carbons (Fsp3) is 0.292. The summed E-state index contributed by atoms with van der Waals surface area (Å²) in [6.45, 7) is 2.65. The molecule has 1 saturated heterocycles. The molecule has 1 fully saturated rings. The topological polar surface area (TPSA) is 67.6 Å². The molecule has 2 atom stereocenters. The van der Waals surface area contributed by atoms with Crippen LogP contribution in [0, 0.1) is 6.92 Å². The van der Waals surface area contributed by atoms with Crippen LogP contribution >= 0.6 is 28.1 Å². The van der Waals surface area contributed by atoms with Crippen LogP contribution in [0.4, 0.5) is 0 Å². The Morgan fingerprint density at radius 3 is 2.84 bits per heavy atom. The summed E-state index contributed by atoms with van der Waals surface area (Å²) in [6, 6.07) is 15.6. The Morgan fingerprint density at radius 1 is 1.28 bits per heavy atom. The maximum atomic E-state index is 11.6. The van der Waals surface area contributed by atoms with Gasteiger partial charge in [0, 0.05) is 29.2 Å². The highest BCUT2D eigenvalue weighted by Gasteiger charge is 2.41. The maximum absolute atomic E-state index is 11.6. The Morgan fingerprint density at radius 2 is 2.12 bits per heavy atom. The number of nitrogens with zero attached hydrogens (tertiary/aromatic N) is 2. The van der Waals surface area contributed by atoms with Crippen LogP contribution < -0.4 is 5.32 Å². The van der Waals surface area contributed by atoms with Gasteiger partial charge in [-0.05, 0) is 67.5 Å².